The fourth-order valence-corrected chi connectivity index (χ4v) is 3.48. The van der Waals surface area contributed by atoms with Gasteiger partial charge < -0.3 is 15.1 Å². The average Bonchev–Trinajstić information content (AvgIpc) is 2.40. The molecule has 0 saturated carbocycles. The Balaban J connectivity index is 1.60. The predicted molar refractivity (Wildman–Crippen MR) is 78.0 cm³/mol. The van der Waals surface area contributed by atoms with Crippen molar-refractivity contribution in [2.45, 2.75) is 44.6 Å². The lowest BCUT2D eigenvalue weighted by Crippen LogP contribution is -2.45. The molecule has 2 heterocycles. The van der Waals surface area contributed by atoms with E-state index in [0.29, 0.717) is 0 Å². The van der Waals surface area contributed by atoms with E-state index < -0.39 is 0 Å². The van der Waals surface area contributed by atoms with Crippen LogP contribution in [0.15, 0.2) is 0 Å². The molecule has 18 heavy (non-hydrogen) atoms. The SMILES string of the molecule is CN1CCCC(N(C)CCCC2CCNCC2)C1. The molecule has 106 valence electrons. The zero-order chi connectivity index (χ0) is 12.8. The zero-order valence-electron chi connectivity index (χ0n) is 12.3. The van der Waals surface area contributed by atoms with E-state index in [9.17, 15) is 0 Å². The standard InChI is InChI=1S/C15H31N3/c1-17-11-4-6-15(13-17)18(2)12-3-5-14-7-9-16-10-8-14/h14-16H,3-13H2,1-2H3. The summed E-state index contributed by atoms with van der Waals surface area (Å²) in [6.07, 6.45) is 8.40. The molecule has 0 aromatic rings. The summed E-state index contributed by atoms with van der Waals surface area (Å²) in [5.74, 6) is 0.994. The molecule has 1 unspecified atom stereocenters. The molecule has 2 saturated heterocycles. The molecule has 0 aromatic heterocycles. The van der Waals surface area contributed by atoms with Crippen molar-refractivity contribution in [2.24, 2.45) is 5.92 Å². The molecule has 0 amide bonds. The lowest BCUT2D eigenvalue weighted by atomic mass is 9.93. The maximum atomic E-state index is 3.45. The van der Waals surface area contributed by atoms with Gasteiger partial charge in [0, 0.05) is 12.6 Å². The van der Waals surface area contributed by atoms with Crippen LogP contribution in [0.4, 0.5) is 0 Å². The summed E-state index contributed by atoms with van der Waals surface area (Å²) in [7, 11) is 4.58. The molecule has 0 spiro atoms. The highest BCUT2D eigenvalue weighted by Crippen LogP contribution is 2.19. The minimum Gasteiger partial charge on any atom is -0.317 e. The van der Waals surface area contributed by atoms with Crippen molar-refractivity contribution < 1.29 is 0 Å². The van der Waals surface area contributed by atoms with Crippen LogP contribution >= 0.6 is 0 Å². The van der Waals surface area contributed by atoms with Gasteiger partial charge in [0.2, 0.25) is 0 Å². The molecule has 2 rings (SSSR count). The van der Waals surface area contributed by atoms with Gasteiger partial charge in [-0.3, -0.25) is 0 Å². The summed E-state index contributed by atoms with van der Waals surface area (Å²) < 4.78 is 0. The second-order valence-corrected chi connectivity index (χ2v) is 6.37. The molecule has 2 aliphatic rings. The van der Waals surface area contributed by atoms with E-state index in [1.807, 2.05) is 0 Å². The summed E-state index contributed by atoms with van der Waals surface area (Å²) in [5, 5.41) is 3.45. The Hall–Kier alpha value is -0.120. The van der Waals surface area contributed by atoms with Gasteiger partial charge in [0.1, 0.15) is 0 Å². The Morgan fingerprint density at radius 3 is 2.72 bits per heavy atom. The van der Waals surface area contributed by atoms with Gasteiger partial charge in [-0.1, -0.05) is 0 Å². The lowest BCUT2D eigenvalue weighted by Gasteiger charge is -2.36. The van der Waals surface area contributed by atoms with Gasteiger partial charge in [-0.25, -0.2) is 0 Å². The molecule has 3 heteroatoms. The molecule has 0 radical (unpaired) electrons. The van der Waals surface area contributed by atoms with Crippen molar-refractivity contribution in [3.05, 3.63) is 0 Å². The third-order valence-electron chi connectivity index (χ3n) is 4.80. The minimum atomic E-state index is 0.803. The fourth-order valence-electron chi connectivity index (χ4n) is 3.48. The van der Waals surface area contributed by atoms with Crippen molar-refractivity contribution in [1.82, 2.24) is 15.1 Å². The van der Waals surface area contributed by atoms with E-state index in [1.54, 1.807) is 0 Å². The maximum Gasteiger partial charge on any atom is 0.0220 e. The first-order chi connectivity index (χ1) is 8.75. The van der Waals surface area contributed by atoms with Crippen molar-refractivity contribution in [3.63, 3.8) is 0 Å². The van der Waals surface area contributed by atoms with Crippen LogP contribution in [0.5, 0.6) is 0 Å². The second kappa shape index (κ2) is 7.46. The molecule has 2 aliphatic heterocycles. The summed E-state index contributed by atoms with van der Waals surface area (Å²) >= 11 is 0. The fraction of sp³-hybridized carbons (Fsp3) is 1.00. The third kappa shape index (κ3) is 4.52. The highest BCUT2D eigenvalue weighted by atomic mass is 15.2. The molecular formula is C15H31N3. The Morgan fingerprint density at radius 1 is 1.22 bits per heavy atom. The number of rotatable bonds is 5. The van der Waals surface area contributed by atoms with Crippen LogP contribution in [-0.4, -0.2) is 62.7 Å². The zero-order valence-corrected chi connectivity index (χ0v) is 12.3. The van der Waals surface area contributed by atoms with Crippen molar-refractivity contribution in [2.75, 3.05) is 46.8 Å². The molecule has 3 nitrogen and oxygen atoms in total. The number of nitrogens with one attached hydrogen (secondary N) is 1. The third-order valence-corrected chi connectivity index (χ3v) is 4.80. The van der Waals surface area contributed by atoms with Crippen molar-refractivity contribution >= 4 is 0 Å². The largest absolute Gasteiger partial charge is 0.317 e. The quantitative estimate of drug-likeness (QED) is 0.806. The summed E-state index contributed by atoms with van der Waals surface area (Å²) in [5.41, 5.74) is 0. The topological polar surface area (TPSA) is 18.5 Å². The normalized spacial score (nSPS) is 27.8. The summed E-state index contributed by atoms with van der Waals surface area (Å²) in [4.78, 5) is 5.09. The summed E-state index contributed by atoms with van der Waals surface area (Å²) in [6.45, 7) is 6.34. The average molecular weight is 253 g/mol. The van der Waals surface area contributed by atoms with Gasteiger partial charge in [0.25, 0.3) is 0 Å². The Labute approximate surface area is 113 Å². The van der Waals surface area contributed by atoms with E-state index in [2.05, 4.69) is 29.2 Å². The highest BCUT2D eigenvalue weighted by Gasteiger charge is 2.21. The molecule has 0 aliphatic carbocycles. The van der Waals surface area contributed by atoms with E-state index in [4.69, 9.17) is 0 Å². The van der Waals surface area contributed by atoms with Crippen LogP contribution in [0.25, 0.3) is 0 Å². The van der Waals surface area contributed by atoms with Crippen LogP contribution in [0, 0.1) is 5.92 Å². The van der Waals surface area contributed by atoms with Gasteiger partial charge >= 0.3 is 0 Å². The molecule has 2 fully saturated rings. The van der Waals surface area contributed by atoms with Gasteiger partial charge in [-0.2, -0.15) is 0 Å². The maximum absolute atomic E-state index is 3.45. The number of hydrogen-bond acceptors (Lipinski definition) is 3. The van der Waals surface area contributed by atoms with Crippen molar-refractivity contribution in [3.8, 4) is 0 Å². The van der Waals surface area contributed by atoms with E-state index in [-0.39, 0.29) is 0 Å². The highest BCUT2D eigenvalue weighted by molar-refractivity contribution is 4.78. The molecular weight excluding hydrogens is 222 g/mol. The van der Waals surface area contributed by atoms with Crippen LogP contribution < -0.4 is 5.32 Å². The van der Waals surface area contributed by atoms with Crippen LogP contribution in [0.1, 0.15) is 38.5 Å². The predicted octanol–water partition coefficient (Wildman–Crippen LogP) is 1.79. The smallest absolute Gasteiger partial charge is 0.0220 e. The van der Waals surface area contributed by atoms with Crippen LogP contribution in [-0.2, 0) is 0 Å². The van der Waals surface area contributed by atoms with Crippen molar-refractivity contribution in [1.29, 1.82) is 0 Å². The Kier molecular flexibility index (Phi) is 5.93. The number of piperidine rings is 2. The monoisotopic (exact) mass is 253 g/mol. The number of likely N-dealkylation sites (tertiary alicyclic amines) is 1. The lowest BCUT2D eigenvalue weighted by molar-refractivity contribution is 0.131. The molecule has 0 aromatic carbocycles. The second-order valence-electron chi connectivity index (χ2n) is 6.37. The van der Waals surface area contributed by atoms with Gasteiger partial charge in [-0.05, 0) is 84.7 Å². The Bertz CT molecular complexity index is 226. The number of hydrogen-bond donors (Lipinski definition) is 1. The van der Waals surface area contributed by atoms with Crippen LogP contribution in [0.3, 0.4) is 0 Å². The van der Waals surface area contributed by atoms with E-state index >= 15 is 0 Å². The Morgan fingerprint density at radius 2 is 2.00 bits per heavy atom. The molecule has 1 N–H and O–H groups in total. The first-order valence-electron chi connectivity index (χ1n) is 7.85. The van der Waals surface area contributed by atoms with Gasteiger partial charge in [0.05, 0.1) is 0 Å². The number of likely N-dealkylation sites (N-methyl/N-ethyl adjacent to an activating group) is 2. The molecule has 1 atom stereocenters. The van der Waals surface area contributed by atoms with Gasteiger partial charge in [-0.15, -0.1) is 0 Å². The summed E-state index contributed by atoms with van der Waals surface area (Å²) in [6, 6.07) is 0.803. The first-order valence-corrected chi connectivity index (χ1v) is 7.85. The minimum absolute atomic E-state index is 0.803. The first kappa shape index (κ1) is 14.3. The van der Waals surface area contributed by atoms with Gasteiger partial charge in [0.15, 0.2) is 0 Å². The van der Waals surface area contributed by atoms with E-state index in [1.165, 1.54) is 71.2 Å². The number of nitrogens with zero attached hydrogens (tertiary/aromatic N) is 2. The van der Waals surface area contributed by atoms with Crippen LogP contribution in [0.2, 0.25) is 0 Å². The molecule has 0 bridgehead atoms. The van der Waals surface area contributed by atoms with E-state index in [0.717, 1.165) is 12.0 Å².